The van der Waals surface area contributed by atoms with Gasteiger partial charge in [0.15, 0.2) is 0 Å². The number of hydrogen-bond donors (Lipinski definition) is 1. The number of pyridine rings is 1. The van der Waals surface area contributed by atoms with Crippen LogP contribution < -0.4 is 10.2 Å². The molecule has 4 atom stereocenters. The van der Waals surface area contributed by atoms with Gasteiger partial charge in [-0.05, 0) is 32.0 Å². The summed E-state index contributed by atoms with van der Waals surface area (Å²) in [4.78, 5) is 39.3. The van der Waals surface area contributed by atoms with Gasteiger partial charge in [-0.3, -0.25) is 9.69 Å². The maximum Gasteiger partial charge on any atom is 0.254 e. The van der Waals surface area contributed by atoms with Crippen molar-refractivity contribution in [3.8, 4) is 10.6 Å². The van der Waals surface area contributed by atoms with Gasteiger partial charge in [-0.25, -0.2) is 15.0 Å². The Labute approximate surface area is 253 Å². The van der Waals surface area contributed by atoms with Gasteiger partial charge in [0.05, 0.1) is 23.4 Å². The van der Waals surface area contributed by atoms with Crippen LogP contribution in [0.4, 0.5) is 17.6 Å². The molecule has 4 fully saturated rings. The number of hydrogen-bond acceptors (Lipinski definition) is 11. The molecule has 2 bridgehead atoms. The number of likely N-dealkylation sites (N-methyl/N-ethyl adjacent to an activating group) is 1. The number of aromatic nitrogens is 4. The number of piperazine rings is 1. The van der Waals surface area contributed by atoms with Gasteiger partial charge in [0, 0.05) is 73.4 Å². The molecule has 4 saturated heterocycles. The SMILES string of the molecule is CCN1C[C@@H]2C[C@H]1CN2c1nc(C)cc(Nc2cc3nc(-c4cccc(C(=O)N5C[C@@H]6OCCO[C@@H]6C5)c4)sc3cn2)n1. The van der Waals surface area contributed by atoms with Crippen LogP contribution in [-0.2, 0) is 9.47 Å². The molecule has 4 aliphatic rings. The number of fused-ring (bicyclic) bond motifs is 4. The number of ether oxygens (including phenoxy) is 2. The van der Waals surface area contributed by atoms with E-state index in [2.05, 4.69) is 27.0 Å². The lowest BCUT2D eigenvalue weighted by Gasteiger charge is -2.33. The van der Waals surface area contributed by atoms with E-state index in [0.717, 1.165) is 57.9 Å². The number of amides is 1. The molecule has 222 valence electrons. The molecule has 0 aliphatic carbocycles. The van der Waals surface area contributed by atoms with Crippen LogP contribution in [0.3, 0.4) is 0 Å². The van der Waals surface area contributed by atoms with Crippen molar-refractivity contribution in [3.63, 3.8) is 0 Å². The Kier molecular flexibility index (Phi) is 6.74. The molecule has 1 aromatic carbocycles. The summed E-state index contributed by atoms with van der Waals surface area (Å²) >= 11 is 1.56. The number of benzene rings is 1. The molecule has 0 radical (unpaired) electrons. The normalized spacial score (nSPS) is 25.1. The van der Waals surface area contributed by atoms with Crippen LogP contribution in [0.15, 0.2) is 42.6 Å². The highest BCUT2D eigenvalue weighted by molar-refractivity contribution is 7.21. The van der Waals surface area contributed by atoms with E-state index in [0.29, 0.717) is 49.8 Å². The predicted octanol–water partition coefficient (Wildman–Crippen LogP) is 3.72. The fraction of sp³-hybridized carbons (Fsp3) is 0.452. The van der Waals surface area contributed by atoms with Gasteiger partial charge in [0.25, 0.3) is 5.91 Å². The van der Waals surface area contributed by atoms with E-state index in [1.807, 2.05) is 54.4 Å². The van der Waals surface area contributed by atoms with Gasteiger partial charge < -0.3 is 24.6 Å². The third-order valence-corrected chi connectivity index (χ3v) is 10.1. The zero-order valence-corrected chi connectivity index (χ0v) is 25.1. The topological polar surface area (TPSA) is 109 Å². The van der Waals surface area contributed by atoms with Crippen molar-refractivity contribution in [3.05, 3.63) is 53.9 Å². The van der Waals surface area contributed by atoms with Crippen molar-refractivity contribution < 1.29 is 14.3 Å². The molecule has 11 nitrogen and oxygen atoms in total. The third kappa shape index (κ3) is 5.01. The number of nitrogens with zero attached hydrogens (tertiary/aromatic N) is 7. The number of carbonyl (C=O) groups is 1. The lowest BCUT2D eigenvalue weighted by Crippen LogP contribution is -2.46. The molecular weight excluding hydrogens is 564 g/mol. The molecule has 43 heavy (non-hydrogen) atoms. The summed E-state index contributed by atoms with van der Waals surface area (Å²) < 4.78 is 12.6. The number of anilines is 3. The van der Waals surface area contributed by atoms with Gasteiger partial charge in [0.1, 0.15) is 28.9 Å². The van der Waals surface area contributed by atoms with Gasteiger partial charge in [-0.1, -0.05) is 19.1 Å². The standard InChI is InChI=1S/C31H34N8O3S/c1-3-37-14-22-11-21(37)15-39(22)31-33-18(2)9-28(36-31)35-27-12-23-26(13-32-27)43-29(34-23)19-5-4-6-20(10-19)30(40)38-16-24-25(17-38)42-8-7-41-24/h4-6,9-10,12-13,21-22,24-25H,3,7-8,11,14-17H2,1-2H3,(H,32,33,35,36)/t21-,22-,24-,25+/m0/s1. The average Bonchev–Trinajstić information content (AvgIpc) is 3.82. The zero-order chi connectivity index (χ0) is 29.1. The van der Waals surface area contributed by atoms with E-state index in [4.69, 9.17) is 24.4 Å². The lowest BCUT2D eigenvalue weighted by atomic mass is 10.1. The van der Waals surface area contributed by atoms with E-state index in [9.17, 15) is 4.79 Å². The molecule has 0 saturated carbocycles. The van der Waals surface area contributed by atoms with Gasteiger partial charge >= 0.3 is 0 Å². The second-order valence-corrected chi connectivity index (χ2v) is 12.8. The Bertz CT molecular complexity index is 1680. The predicted molar refractivity (Wildman–Crippen MR) is 165 cm³/mol. The summed E-state index contributed by atoms with van der Waals surface area (Å²) in [5.41, 5.74) is 3.30. The Morgan fingerprint density at radius 3 is 2.60 bits per heavy atom. The molecule has 0 spiro atoms. The molecule has 4 aromatic rings. The number of likely N-dealkylation sites (tertiary alicyclic amines) is 2. The monoisotopic (exact) mass is 598 g/mol. The van der Waals surface area contributed by atoms with Crippen molar-refractivity contribution in [1.82, 2.24) is 29.7 Å². The Morgan fingerprint density at radius 1 is 1.00 bits per heavy atom. The van der Waals surface area contributed by atoms with Crippen LogP contribution in [0.25, 0.3) is 20.8 Å². The minimum absolute atomic E-state index is 0.0123. The maximum absolute atomic E-state index is 13.3. The van der Waals surface area contributed by atoms with Crippen molar-refractivity contribution in [1.29, 1.82) is 0 Å². The number of aryl methyl sites for hydroxylation is 1. The second-order valence-electron chi connectivity index (χ2n) is 11.8. The highest BCUT2D eigenvalue weighted by Crippen LogP contribution is 2.35. The Hall–Kier alpha value is -3.71. The Morgan fingerprint density at radius 2 is 1.84 bits per heavy atom. The summed E-state index contributed by atoms with van der Waals surface area (Å²) in [6.45, 7) is 9.66. The smallest absolute Gasteiger partial charge is 0.254 e. The highest BCUT2D eigenvalue weighted by Gasteiger charge is 2.43. The van der Waals surface area contributed by atoms with Gasteiger partial charge in [-0.2, -0.15) is 4.98 Å². The summed E-state index contributed by atoms with van der Waals surface area (Å²) in [6, 6.07) is 12.6. The molecule has 0 unspecified atom stereocenters. The molecule has 8 rings (SSSR count). The molecule has 3 aromatic heterocycles. The van der Waals surface area contributed by atoms with E-state index >= 15 is 0 Å². The van der Waals surface area contributed by atoms with Crippen molar-refractivity contribution >= 4 is 45.0 Å². The van der Waals surface area contributed by atoms with Gasteiger partial charge in [0.2, 0.25) is 5.95 Å². The minimum Gasteiger partial charge on any atom is -0.371 e. The number of thiazole rings is 1. The Balaban J connectivity index is 0.997. The van der Waals surface area contributed by atoms with Crippen LogP contribution in [0, 0.1) is 6.92 Å². The van der Waals surface area contributed by atoms with Crippen molar-refractivity contribution in [2.24, 2.45) is 0 Å². The molecule has 4 aliphatic heterocycles. The molecule has 12 heteroatoms. The summed E-state index contributed by atoms with van der Waals surface area (Å²) in [5, 5.41) is 4.23. The molecular formula is C31H34N8O3S. The maximum atomic E-state index is 13.3. The number of nitrogens with one attached hydrogen (secondary N) is 1. The van der Waals surface area contributed by atoms with E-state index in [1.54, 1.807) is 11.3 Å². The van der Waals surface area contributed by atoms with Crippen LogP contribution in [-0.4, -0.2) is 106 Å². The quantitative estimate of drug-likeness (QED) is 0.353. The zero-order valence-electron chi connectivity index (χ0n) is 24.3. The van der Waals surface area contributed by atoms with Crippen LogP contribution in [0.5, 0.6) is 0 Å². The van der Waals surface area contributed by atoms with Crippen molar-refractivity contribution in [2.45, 2.75) is 44.6 Å². The van der Waals surface area contributed by atoms with E-state index < -0.39 is 0 Å². The first-order valence-corrected chi connectivity index (χ1v) is 15.9. The first kappa shape index (κ1) is 26.9. The molecule has 7 heterocycles. The van der Waals surface area contributed by atoms with Crippen LogP contribution in [0.1, 0.15) is 29.4 Å². The molecule has 1 amide bonds. The first-order chi connectivity index (χ1) is 21.0. The third-order valence-electron chi connectivity index (χ3n) is 9.00. The van der Waals surface area contributed by atoms with Gasteiger partial charge in [-0.15, -0.1) is 11.3 Å². The van der Waals surface area contributed by atoms with Crippen LogP contribution >= 0.6 is 11.3 Å². The molecule has 1 N–H and O–H groups in total. The number of carbonyl (C=O) groups excluding carboxylic acids is 1. The number of rotatable bonds is 6. The first-order valence-electron chi connectivity index (χ1n) is 15.0. The largest absolute Gasteiger partial charge is 0.371 e. The van der Waals surface area contributed by atoms with Crippen LogP contribution in [0.2, 0.25) is 0 Å². The van der Waals surface area contributed by atoms with E-state index in [-0.39, 0.29) is 18.1 Å². The van der Waals surface area contributed by atoms with Crippen molar-refractivity contribution in [2.75, 3.05) is 56.2 Å². The lowest BCUT2D eigenvalue weighted by molar-refractivity contribution is -0.116. The minimum atomic E-state index is -0.0413. The highest BCUT2D eigenvalue weighted by atomic mass is 32.1. The summed E-state index contributed by atoms with van der Waals surface area (Å²) in [6.07, 6.45) is 2.94. The summed E-state index contributed by atoms with van der Waals surface area (Å²) in [5.74, 6) is 2.17. The van der Waals surface area contributed by atoms with E-state index in [1.165, 1.54) is 6.42 Å². The summed E-state index contributed by atoms with van der Waals surface area (Å²) in [7, 11) is 0. The fourth-order valence-corrected chi connectivity index (χ4v) is 7.79. The fourth-order valence-electron chi connectivity index (χ4n) is 6.88. The average molecular weight is 599 g/mol. The second kappa shape index (κ2) is 10.8.